The maximum absolute atomic E-state index is 12.9. The van der Waals surface area contributed by atoms with Crippen molar-refractivity contribution < 1.29 is 13.2 Å². The average Bonchev–Trinajstić information content (AvgIpc) is 2.46. The van der Waals surface area contributed by atoms with Crippen LogP contribution >= 0.6 is 27.0 Å². The number of rotatable bonds is 4. The highest BCUT2D eigenvalue weighted by molar-refractivity contribution is 7.59. The second-order valence-corrected chi connectivity index (χ2v) is 5.65. The Kier molecular flexibility index (Phi) is 11.3. The van der Waals surface area contributed by atoms with Gasteiger partial charge in [-0.15, -0.1) is 0 Å². The van der Waals surface area contributed by atoms with Crippen molar-refractivity contribution >= 4 is 27.0 Å². The summed E-state index contributed by atoms with van der Waals surface area (Å²) in [5, 5.41) is 3.35. The molecule has 2 aromatic rings. The fourth-order valence-electron chi connectivity index (χ4n) is 2.54. The molecule has 0 aromatic heterocycles. The van der Waals surface area contributed by atoms with Gasteiger partial charge in [0.1, 0.15) is 0 Å². The Morgan fingerprint density at radius 2 is 1.36 bits per heavy atom. The van der Waals surface area contributed by atoms with E-state index in [1.165, 1.54) is 12.1 Å². The van der Waals surface area contributed by atoms with E-state index in [2.05, 4.69) is 5.32 Å². The number of nitrogens with one attached hydrogen (secondary N) is 1. The second-order valence-electron chi connectivity index (χ2n) is 5.65. The van der Waals surface area contributed by atoms with Gasteiger partial charge in [0, 0.05) is 12.1 Å². The van der Waals surface area contributed by atoms with Crippen molar-refractivity contribution in [3.05, 3.63) is 70.8 Å². The van der Waals surface area contributed by atoms with Gasteiger partial charge in [-0.3, -0.25) is 0 Å². The molecule has 0 saturated heterocycles. The van der Waals surface area contributed by atoms with E-state index in [4.69, 9.17) is 0 Å². The summed E-state index contributed by atoms with van der Waals surface area (Å²) in [6.07, 6.45) is -4.31. The number of alkyl halides is 3. The van der Waals surface area contributed by atoms with Gasteiger partial charge in [-0.1, -0.05) is 49.4 Å². The molecule has 0 aliphatic rings. The summed E-state index contributed by atoms with van der Waals surface area (Å²) in [7, 11) is 0. The highest BCUT2D eigenvalue weighted by Crippen LogP contribution is 2.32. The Hall–Kier alpha value is -1.11. The quantitative estimate of drug-likeness (QED) is 0.646. The molecule has 1 N–H and O–H groups in total. The van der Waals surface area contributed by atoms with E-state index in [0.717, 1.165) is 5.56 Å². The SMILES string of the molecule is C.Cc1cc([C@H](C)N[C@@H](C)c2ccccc2)cc(C(F)(F)F)c1.S.S. The standard InChI is InChI=1S/C18H20F3N.CH4.2H2S/c1-12-9-16(11-17(10-12)18(19,20)21)14(3)22-13(2)15-7-5-4-6-8-15;;;/h4-11,13-14,22H,1-3H3;1H4;2*1H2/t13-,14-;;;/m0.../s1. The van der Waals surface area contributed by atoms with Gasteiger partial charge in [-0.25, -0.2) is 0 Å². The lowest BCUT2D eigenvalue weighted by Gasteiger charge is -2.22. The Labute approximate surface area is 162 Å². The zero-order chi connectivity index (χ0) is 16.3. The number of hydrogen-bond acceptors (Lipinski definition) is 1. The smallest absolute Gasteiger partial charge is 0.304 e. The normalized spacial score (nSPS) is 12.9. The topological polar surface area (TPSA) is 12.0 Å². The van der Waals surface area contributed by atoms with Crippen molar-refractivity contribution in [3.63, 3.8) is 0 Å². The third kappa shape index (κ3) is 7.34. The first-order valence-electron chi connectivity index (χ1n) is 7.27. The van der Waals surface area contributed by atoms with Gasteiger partial charge < -0.3 is 5.32 Å². The molecule has 0 aliphatic carbocycles. The van der Waals surface area contributed by atoms with E-state index in [-0.39, 0.29) is 46.5 Å². The van der Waals surface area contributed by atoms with Gasteiger partial charge in [0.15, 0.2) is 0 Å². The molecule has 0 heterocycles. The molecule has 0 aliphatic heterocycles. The Balaban J connectivity index is 0. The lowest BCUT2D eigenvalue weighted by Crippen LogP contribution is -2.23. The van der Waals surface area contributed by atoms with E-state index >= 15 is 0 Å². The maximum atomic E-state index is 12.9. The Morgan fingerprint density at radius 3 is 1.88 bits per heavy atom. The minimum atomic E-state index is -4.31. The molecule has 2 aromatic carbocycles. The van der Waals surface area contributed by atoms with E-state index in [0.29, 0.717) is 11.1 Å². The molecule has 142 valence electrons. The second kappa shape index (κ2) is 10.8. The lowest BCUT2D eigenvalue weighted by molar-refractivity contribution is -0.137. The van der Waals surface area contributed by atoms with Gasteiger partial charge in [-0.2, -0.15) is 40.2 Å². The van der Waals surface area contributed by atoms with Crippen LogP contribution in [0.25, 0.3) is 0 Å². The molecular formula is C19H28F3NS2. The molecule has 2 rings (SSSR count). The van der Waals surface area contributed by atoms with Crippen LogP contribution < -0.4 is 5.32 Å². The average molecular weight is 392 g/mol. The van der Waals surface area contributed by atoms with Crippen LogP contribution in [-0.2, 0) is 6.18 Å². The number of hydrogen-bond donors (Lipinski definition) is 1. The molecule has 0 spiro atoms. The van der Waals surface area contributed by atoms with Crippen LogP contribution in [0.1, 0.15) is 55.6 Å². The number of benzene rings is 2. The van der Waals surface area contributed by atoms with Gasteiger partial charge in [0.05, 0.1) is 5.56 Å². The molecule has 2 atom stereocenters. The molecule has 0 radical (unpaired) electrons. The summed E-state index contributed by atoms with van der Waals surface area (Å²) >= 11 is 0. The molecule has 0 saturated carbocycles. The van der Waals surface area contributed by atoms with Crippen LogP contribution in [0, 0.1) is 6.92 Å². The first-order valence-corrected chi connectivity index (χ1v) is 7.27. The largest absolute Gasteiger partial charge is 0.416 e. The predicted octanol–water partition coefficient (Wildman–Crippen LogP) is 6.29. The fourth-order valence-corrected chi connectivity index (χ4v) is 2.54. The molecule has 0 fully saturated rings. The minimum Gasteiger partial charge on any atom is -0.304 e. The minimum absolute atomic E-state index is 0. The van der Waals surface area contributed by atoms with Gasteiger partial charge in [0.2, 0.25) is 0 Å². The summed E-state index contributed by atoms with van der Waals surface area (Å²) in [4.78, 5) is 0. The molecule has 0 unspecified atom stereocenters. The van der Waals surface area contributed by atoms with Crippen molar-refractivity contribution in [2.24, 2.45) is 0 Å². The van der Waals surface area contributed by atoms with Crippen LogP contribution in [0.2, 0.25) is 0 Å². The summed E-state index contributed by atoms with van der Waals surface area (Å²) in [6.45, 7) is 5.58. The third-order valence-electron chi connectivity index (χ3n) is 3.73. The van der Waals surface area contributed by atoms with Gasteiger partial charge in [0.25, 0.3) is 0 Å². The van der Waals surface area contributed by atoms with Gasteiger partial charge in [-0.05, 0) is 44.0 Å². The predicted molar refractivity (Wildman–Crippen MR) is 110 cm³/mol. The van der Waals surface area contributed by atoms with Crippen LogP contribution in [-0.4, -0.2) is 0 Å². The zero-order valence-corrected chi connectivity index (χ0v) is 15.9. The molecule has 0 amide bonds. The van der Waals surface area contributed by atoms with Crippen molar-refractivity contribution in [2.75, 3.05) is 0 Å². The van der Waals surface area contributed by atoms with E-state index < -0.39 is 11.7 Å². The first kappa shape index (κ1) is 26.1. The summed E-state index contributed by atoms with van der Waals surface area (Å²) in [6, 6.07) is 13.9. The summed E-state index contributed by atoms with van der Waals surface area (Å²) < 4.78 is 38.8. The third-order valence-corrected chi connectivity index (χ3v) is 3.73. The van der Waals surface area contributed by atoms with Crippen LogP contribution in [0.4, 0.5) is 13.2 Å². The van der Waals surface area contributed by atoms with Crippen molar-refractivity contribution in [1.82, 2.24) is 5.32 Å². The fraction of sp³-hybridized carbons (Fsp3) is 0.368. The highest BCUT2D eigenvalue weighted by Gasteiger charge is 2.31. The van der Waals surface area contributed by atoms with Crippen molar-refractivity contribution in [2.45, 2.75) is 46.5 Å². The van der Waals surface area contributed by atoms with Crippen molar-refractivity contribution in [3.8, 4) is 0 Å². The van der Waals surface area contributed by atoms with E-state index in [9.17, 15) is 13.2 Å². The molecule has 1 nitrogen and oxygen atoms in total. The van der Waals surface area contributed by atoms with Crippen LogP contribution in [0.15, 0.2) is 48.5 Å². The number of halogens is 3. The monoisotopic (exact) mass is 391 g/mol. The molecule has 0 bridgehead atoms. The van der Waals surface area contributed by atoms with Gasteiger partial charge >= 0.3 is 6.18 Å². The maximum Gasteiger partial charge on any atom is 0.416 e. The summed E-state index contributed by atoms with van der Waals surface area (Å²) in [5.41, 5.74) is 1.78. The Bertz CT molecular complexity index is 630. The zero-order valence-electron chi connectivity index (χ0n) is 13.9. The van der Waals surface area contributed by atoms with Crippen LogP contribution in [0.5, 0.6) is 0 Å². The van der Waals surface area contributed by atoms with E-state index in [1.54, 1.807) is 13.0 Å². The molecular weight excluding hydrogens is 363 g/mol. The Morgan fingerprint density at radius 1 is 0.840 bits per heavy atom. The lowest BCUT2D eigenvalue weighted by atomic mass is 10.00. The first-order chi connectivity index (χ1) is 10.3. The summed E-state index contributed by atoms with van der Waals surface area (Å²) in [5.74, 6) is 0. The molecule has 25 heavy (non-hydrogen) atoms. The van der Waals surface area contributed by atoms with E-state index in [1.807, 2.05) is 44.2 Å². The highest BCUT2D eigenvalue weighted by atomic mass is 32.1. The number of aryl methyl sites for hydroxylation is 1. The van der Waals surface area contributed by atoms with Crippen molar-refractivity contribution in [1.29, 1.82) is 0 Å². The molecule has 6 heteroatoms. The van der Waals surface area contributed by atoms with Crippen LogP contribution in [0.3, 0.4) is 0 Å².